The van der Waals surface area contributed by atoms with Crippen molar-refractivity contribution in [3.05, 3.63) is 29.8 Å². The van der Waals surface area contributed by atoms with Crippen LogP contribution in [0.4, 0.5) is 18.9 Å². The maximum Gasteiger partial charge on any atom is 0.416 e. The van der Waals surface area contributed by atoms with Gasteiger partial charge in [-0.3, -0.25) is 9.69 Å². The van der Waals surface area contributed by atoms with Crippen molar-refractivity contribution in [2.45, 2.75) is 50.3 Å². The molecule has 3 saturated heterocycles. The van der Waals surface area contributed by atoms with Crippen LogP contribution in [0.25, 0.3) is 0 Å². The lowest BCUT2D eigenvalue weighted by Crippen LogP contribution is -2.43. The number of amides is 1. The highest BCUT2D eigenvalue weighted by Crippen LogP contribution is 2.62. The average Bonchev–Trinajstić information content (AvgIpc) is 3.03. The third-order valence-corrected chi connectivity index (χ3v) is 5.85. The van der Waals surface area contributed by atoms with E-state index in [-0.39, 0.29) is 11.6 Å². The highest BCUT2D eigenvalue weighted by atomic mass is 19.4. The molecule has 3 aliphatic heterocycles. The first-order valence-corrected chi connectivity index (χ1v) is 7.95. The quantitative estimate of drug-likeness (QED) is 0.854. The fourth-order valence-electron chi connectivity index (χ4n) is 4.77. The molecule has 1 N–H and O–H groups in total. The third-order valence-electron chi connectivity index (χ3n) is 5.85. The molecule has 3 fully saturated rings. The Morgan fingerprint density at radius 1 is 1.25 bits per heavy atom. The Morgan fingerprint density at radius 3 is 2.54 bits per heavy atom. The molecule has 0 aromatic heterocycles. The second-order valence-corrected chi connectivity index (χ2v) is 7.40. The van der Waals surface area contributed by atoms with Crippen LogP contribution in [0.1, 0.15) is 32.3 Å². The lowest BCUT2D eigenvalue weighted by Gasteiger charge is -2.32. The summed E-state index contributed by atoms with van der Waals surface area (Å²) in [7, 11) is 0. The van der Waals surface area contributed by atoms with Crippen LogP contribution in [0, 0.1) is 11.8 Å². The van der Waals surface area contributed by atoms with Gasteiger partial charge in [-0.2, -0.15) is 13.2 Å². The Labute approximate surface area is 137 Å². The molecule has 7 heteroatoms. The van der Waals surface area contributed by atoms with Gasteiger partial charge in [0.15, 0.2) is 0 Å². The first-order chi connectivity index (χ1) is 11.1. The Balaban J connectivity index is 1.76. The number of aliphatic hydroxyl groups is 1. The van der Waals surface area contributed by atoms with Gasteiger partial charge in [0, 0.05) is 11.6 Å². The maximum atomic E-state index is 13.0. The van der Waals surface area contributed by atoms with Gasteiger partial charge >= 0.3 is 6.18 Å². The number of carbonyl (C=O) groups is 1. The summed E-state index contributed by atoms with van der Waals surface area (Å²) in [6.45, 7) is 3.72. The second-order valence-electron chi connectivity index (χ2n) is 7.40. The fraction of sp³-hybridized carbons (Fsp3) is 0.588. The van der Waals surface area contributed by atoms with Crippen molar-refractivity contribution < 1.29 is 27.8 Å². The lowest BCUT2D eigenvalue weighted by molar-refractivity contribution is -0.137. The first kappa shape index (κ1) is 15.9. The number of ether oxygens (including phenoxy) is 1. The summed E-state index contributed by atoms with van der Waals surface area (Å²) >= 11 is 0. The molecule has 0 radical (unpaired) electrons. The van der Waals surface area contributed by atoms with Crippen molar-refractivity contribution in [3.63, 3.8) is 0 Å². The fourth-order valence-corrected chi connectivity index (χ4v) is 4.77. The Morgan fingerprint density at radius 2 is 1.92 bits per heavy atom. The summed E-state index contributed by atoms with van der Waals surface area (Å²) < 4.78 is 44.9. The van der Waals surface area contributed by atoms with E-state index in [2.05, 4.69) is 0 Å². The number of carbonyl (C=O) groups excluding carboxylic acids is 1. The summed E-state index contributed by atoms with van der Waals surface area (Å²) in [5, 5.41) is 10.7. The number of halogens is 3. The van der Waals surface area contributed by atoms with Gasteiger partial charge in [0.2, 0.25) is 5.91 Å². The number of benzene rings is 1. The van der Waals surface area contributed by atoms with E-state index < -0.39 is 41.0 Å². The molecule has 1 aromatic carbocycles. The Bertz CT molecular complexity index is 721. The standard InChI is InChI=1S/C17H18F3NO3/c1-15-6-7-16(2,24-15)12-11(15)13(22)21(14(12)23)10-5-3-4-9(8-10)17(18,19)20/h3-5,8,11-13,22H,6-7H2,1-2H3/t11-,12+,13?,15+,16-/m0/s1. The van der Waals surface area contributed by atoms with Crippen LogP contribution in [0.15, 0.2) is 24.3 Å². The number of alkyl halides is 3. The number of rotatable bonds is 1. The van der Waals surface area contributed by atoms with Crippen LogP contribution in [0.3, 0.4) is 0 Å². The van der Waals surface area contributed by atoms with Gasteiger partial charge in [-0.15, -0.1) is 0 Å². The van der Waals surface area contributed by atoms with Crippen LogP contribution in [0.5, 0.6) is 0 Å². The summed E-state index contributed by atoms with van der Waals surface area (Å²) in [5.74, 6) is -1.32. The zero-order valence-corrected chi connectivity index (χ0v) is 13.3. The number of nitrogens with zero attached hydrogens (tertiary/aromatic N) is 1. The van der Waals surface area contributed by atoms with Crippen molar-refractivity contribution in [2.75, 3.05) is 4.90 Å². The Kier molecular flexibility index (Phi) is 2.99. The number of fused-ring (bicyclic) bond motifs is 5. The molecule has 0 aliphatic carbocycles. The van der Waals surface area contributed by atoms with Gasteiger partial charge in [0.1, 0.15) is 6.23 Å². The Hall–Kier alpha value is -1.60. The average molecular weight is 341 g/mol. The van der Waals surface area contributed by atoms with E-state index in [0.717, 1.165) is 23.5 Å². The molecule has 0 spiro atoms. The van der Waals surface area contributed by atoms with E-state index in [9.17, 15) is 23.1 Å². The highest BCUT2D eigenvalue weighted by Gasteiger charge is 2.72. The molecule has 2 bridgehead atoms. The molecule has 0 saturated carbocycles. The summed E-state index contributed by atoms with van der Waals surface area (Å²) in [4.78, 5) is 14.0. The lowest BCUT2D eigenvalue weighted by atomic mass is 9.69. The zero-order valence-electron chi connectivity index (χ0n) is 13.3. The SMILES string of the molecule is C[C@]12CC[C@](C)(O1)[C@H]1C(=O)N(c3cccc(C(F)(F)F)c3)C(O)[C@H]12. The minimum atomic E-state index is -4.50. The van der Waals surface area contributed by atoms with Gasteiger partial charge in [0.25, 0.3) is 0 Å². The molecule has 5 atom stereocenters. The van der Waals surface area contributed by atoms with Gasteiger partial charge in [-0.25, -0.2) is 0 Å². The predicted molar refractivity (Wildman–Crippen MR) is 79.0 cm³/mol. The molecule has 3 heterocycles. The largest absolute Gasteiger partial charge is 0.416 e. The molecule has 4 nitrogen and oxygen atoms in total. The first-order valence-electron chi connectivity index (χ1n) is 7.95. The van der Waals surface area contributed by atoms with Crippen LogP contribution in [-0.2, 0) is 15.7 Å². The normalized spacial score (nSPS) is 41.2. The third kappa shape index (κ3) is 1.91. The molecule has 130 valence electrons. The van der Waals surface area contributed by atoms with Crippen LogP contribution in [0.2, 0.25) is 0 Å². The summed E-state index contributed by atoms with van der Waals surface area (Å²) in [5.41, 5.74) is -2.05. The molecule has 3 aliphatic rings. The van der Waals surface area contributed by atoms with Crippen molar-refractivity contribution in [2.24, 2.45) is 11.8 Å². The van der Waals surface area contributed by atoms with E-state index in [1.807, 2.05) is 13.8 Å². The number of hydrogen-bond donors (Lipinski definition) is 1. The molecule has 1 aromatic rings. The maximum absolute atomic E-state index is 13.0. The second kappa shape index (κ2) is 4.52. The van der Waals surface area contributed by atoms with Crippen molar-refractivity contribution in [1.82, 2.24) is 0 Å². The van der Waals surface area contributed by atoms with Gasteiger partial charge < -0.3 is 9.84 Å². The number of hydrogen-bond acceptors (Lipinski definition) is 3. The van der Waals surface area contributed by atoms with Gasteiger partial charge in [-0.05, 0) is 44.9 Å². The topological polar surface area (TPSA) is 49.8 Å². The minimum Gasteiger partial charge on any atom is -0.373 e. The summed E-state index contributed by atoms with van der Waals surface area (Å²) in [6, 6.07) is 4.54. The van der Waals surface area contributed by atoms with Crippen molar-refractivity contribution in [1.29, 1.82) is 0 Å². The van der Waals surface area contributed by atoms with Crippen LogP contribution in [-0.4, -0.2) is 28.4 Å². The van der Waals surface area contributed by atoms with E-state index >= 15 is 0 Å². The van der Waals surface area contributed by atoms with Gasteiger partial charge in [0.05, 0.1) is 22.7 Å². The van der Waals surface area contributed by atoms with E-state index in [4.69, 9.17) is 4.74 Å². The monoisotopic (exact) mass is 341 g/mol. The molecular weight excluding hydrogens is 323 g/mol. The molecule has 4 rings (SSSR count). The minimum absolute atomic E-state index is 0.0725. The zero-order chi connectivity index (χ0) is 17.5. The predicted octanol–water partition coefficient (Wildman–Crippen LogP) is 2.94. The van der Waals surface area contributed by atoms with Gasteiger partial charge in [-0.1, -0.05) is 6.07 Å². The summed E-state index contributed by atoms with van der Waals surface area (Å²) in [6.07, 6.45) is -4.25. The highest BCUT2D eigenvalue weighted by molar-refractivity contribution is 5.99. The molecular formula is C17H18F3NO3. The smallest absolute Gasteiger partial charge is 0.373 e. The van der Waals surface area contributed by atoms with Crippen LogP contribution < -0.4 is 4.90 Å². The number of aliphatic hydroxyl groups excluding tert-OH is 1. The molecule has 1 unspecified atom stereocenters. The van der Waals surface area contributed by atoms with E-state index in [1.165, 1.54) is 12.1 Å². The van der Waals surface area contributed by atoms with Crippen molar-refractivity contribution in [3.8, 4) is 0 Å². The van der Waals surface area contributed by atoms with E-state index in [1.54, 1.807) is 0 Å². The number of anilines is 1. The van der Waals surface area contributed by atoms with E-state index in [0.29, 0.717) is 6.42 Å². The molecule has 1 amide bonds. The van der Waals surface area contributed by atoms with Crippen molar-refractivity contribution >= 4 is 11.6 Å². The van der Waals surface area contributed by atoms with Crippen LogP contribution >= 0.6 is 0 Å². The molecule has 24 heavy (non-hydrogen) atoms.